The number of alkyl halides is 1. The molecule has 1 saturated carbocycles. The zero-order chi connectivity index (χ0) is 26.3. The van der Waals surface area contributed by atoms with Crippen LogP contribution in [0.15, 0.2) is 34.9 Å². The second-order valence-corrected chi connectivity index (χ2v) is 11.1. The Morgan fingerprint density at radius 3 is 2.78 bits per heavy atom. The van der Waals surface area contributed by atoms with E-state index in [4.69, 9.17) is 4.42 Å². The maximum Gasteiger partial charge on any atom is 0.317 e. The molecule has 2 aromatic rings. The smallest absolute Gasteiger partial charge is 0.317 e. The van der Waals surface area contributed by atoms with Gasteiger partial charge in [-0.05, 0) is 83.2 Å². The first kappa shape index (κ1) is 27.9. The van der Waals surface area contributed by atoms with E-state index in [0.29, 0.717) is 63.2 Å². The fourth-order valence-corrected chi connectivity index (χ4v) is 6.42. The van der Waals surface area contributed by atoms with Gasteiger partial charge in [-0.1, -0.05) is 18.2 Å². The third-order valence-electron chi connectivity index (χ3n) is 8.47. The van der Waals surface area contributed by atoms with Crippen molar-refractivity contribution in [3.63, 3.8) is 0 Å². The first-order chi connectivity index (χ1) is 17.9. The van der Waals surface area contributed by atoms with Gasteiger partial charge in [0.05, 0.1) is 11.9 Å². The topological polar surface area (TPSA) is 98.0 Å². The minimum absolute atomic E-state index is 0.0145. The van der Waals surface area contributed by atoms with Crippen molar-refractivity contribution in [1.82, 2.24) is 15.5 Å². The van der Waals surface area contributed by atoms with Crippen molar-refractivity contribution in [2.75, 3.05) is 33.3 Å². The molecule has 2 fully saturated rings. The number of halogens is 1. The first-order valence-corrected chi connectivity index (χ1v) is 14.1. The van der Waals surface area contributed by atoms with Crippen LogP contribution < -0.4 is 10.6 Å². The number of nitrogens with one attached hydrogen (secondary N) is 2. The van der Waals surface area contributed by atoms with E-state index in [1.807, 2.05) is 36.2 Å². The van der Waals surface area contributed by atoms with Gasteiger partial charge in [-0.15, -0.1) is 0 Å². The maximum atomic E-state index is 13.6. The predicted molar refractivity (Wildman–Crippen MR) is 143 cm³/mol. The SMILES string of the molecule is CNC[C@H](CC1CCC(F)CC1)NC(=O)N1CCC[C@@H]([C@@](O)(CCCCO)c2cccc3ccoc23)C1. The van der Waals surface area contributed by atoms with Gasteiger partial charge in [0, 0.05) is 49.2 Å². The zero-order valence-corrected chi connectivity index (χ0v) is 22.1. The van der Waals surface area contributed by atoms with E-state index >= 15 is 0 Å². The second kappa shape index (κ2) is 13.1. The molecule has 37 heavy (non-hydrogen) atoms. The summed E-state index contributed by atoms with van der Waals surface area (Å²) >= 11 is 0. The predicted octanol–water partition coefficient (Wildman–Crippen LogP) is 4.71. The van der Waals surface area contributed by atoms with Gasteiger partial charge in [0.2, 0.25) is 0 Å². The number of amides is 2. The van der Waals surface area contributed by atoms with Crippen molar-refractivity contribution in [3.8, 4) is 0 Å². The first-order valence-electron chi connectivity index (χ1n) is 14.1. The number of fused-ring (bicyclic) bond motifs is 1. The number of carbonyl (C=O) groups is 1. The van der Waals surface area contributed by atoms with Gasteiger partial charge < -0.3 is 30.2 Å². The number of para-hydroxylation sites is 1. The van der Waals surface area contributed by atoms with Gasteiger partial charge in [-0.2, -0.15) is 0 Å². The Morgan fingerprint density at radius 1 is 1.22 bits per heavy atom. The number of furan rings is 1. The number of carbonyl (C=O) groups excluding carboxylic acids is 1. The van der Waals surface area contributed by atoms with Crippen molar-refractivity contribution >= 4 is 17.0 Å². The fourth-order valence-electron chi connectivity index (χ4n) is 6.42. The van der Waals surface area contributed by atoms with Crippen LogP contribution in [0.3, 0.4) is 0 Å². The van der Waals surface area contributed by atoms with E-state index < -0.39 is 11.8 Å². The van der Waals surface area contributed by atoms with Crippen LogP contribution in [-0.4, -0.2) is 66.6 Å². The van der Waals surface area contributed by atoms with Crippen LogP contribution in [0.2, 0.25) is 0 Å². The second-order valence-electron chi connectivity index (χ2n) is 11.1. The van der Waals surface area contributed by atoms with Crippen molar-refractivity contribution in [2.45, 2.75) is 82.0 Å². The molecule has 0 spiro atoms. The lowest BCUT2D eigenvalue weighted by molar-refractivity contribution is -0.0556. The van der Waals surface area contributed by atoms with Gasteiger partial charge in [0.15, 0.2) is 0 Å². The Bertz CT molecular complexity index is 992. The fraction of sp³-hybridized carbons (Fsp3) is 0.690. The number of likely N-dealkylation sites (N-methyl/N-ethyl adjacent to an activating group) is 1. The molecule has 0 bridgehead atoms. The summed E-state index contributed by atoms with van der Waals surface area (Å²) in [5, 5.41) is 29.0. The third kappa shape index (κ3) is 6.84. The summed E-state index contributed by atoms with van der Waals surface area (Å²) in [7, 11) is 1.89. The molecular formula is C29H44FN3O4. The summed E-state index contributed by atoms with van der Waals surface area (Å²) in [5.41, 5.74) is 0.283. The van der Waals surface area contributed by atoms with Crippen LogP contribution in [0.4, 0.5) is 9.18 Å². The molecule has 1 aromatic heterocycles. The lowest BCUT2D eigenvalue weighted by atomic mass is 9.73. The highest BCUT2D eigenvalue weighted by atomic mass is 19.1. The molecule has 2 aliphatic rings. The standard InChI is InChI=1S/C29H44FN3O4/c1-31-19-25(18-21-9-11-24(30)12-10-21)32-28(35)33-15-5-7-23(20-33)29(36,14-2-3-16-34)26-8-4-6-22-13-17-37-27(22)26/h4,6,8,13,17,21,23-25,31,34,36H,2-3,5,7,9-12,14-16,18-20H2,1H3,(H,32,35)/t21?,23-,24?,25+,29+/m1/s1. The lowest BCUT2D eigenvalue weighted by Crippen LogP contribution is -2.54. The number of hydrogen-bond donors (Lipinski definition) is 4. The molecular weight excluding hydrogens is 473 g/mol. The highest BCUT2D eigenvalue weighted by Gasteiger charge is 2.43. The van der Waals surface area contributed by atoms with Crippen LogP contribution >= 0.6 is 0 Å². The molecule has 4 N–H and O–H groups in total. The van der Waals surface area contributed by atoms with E-state index in [0.717, 1.165) is 43.1 Å². The Balaban J connectivity index is 1.47. The molecule has 2 amide bonds. The molecule has 0 unspecified atom stereocenters. The quantitative estimate of drug-likeness (QED) is 0.324. The molecule has 1 aromatic carbocycles. The van der Waals surface area contributed by atoms with Crippen LogP contribution in [0.1, 0.15) is 69.8 Å². The zero-order valence-electron chi connectivity index (χ0n) is 22.1. The number of benzene rings is 1. The molecule has 0 radical (unpaired) electrons. The summed E-state index contributed by atoms with van der Waals surface area (Å²) in [4.78, 5) is 15.3. The van der Waals surface area contributed by atoms with Crippen LogP contribution in [0, 0.1) is 11.8 Å². The summed E-state index contributed by atoms with van der Waals surface area (Å²) < 4.78 is 19.4. The Labute approximate surface area is 219 Å². The summed E-state index contributed by atoms with van der Waals surface area (Å²) in [6.07, 6.45) is 8.22. The van der Waals surface area contributed by atoms with Gasteiger partial charge in [-0.25, -0.2) is 9.18 Å². The number of unbranched alkanes of at least 4 members (excludes halogenated alkanes) is 1. The maximum absolute atomic E-state index is 13.6. The minimum Gasteiger partial charge on any atom is -0.464 e. The normalized spacial score (nSPS) is 25.1. The number of hydrogen-bond acceptors (Lipinski definition) is 5. The van der Waals surface area contributed by atoms with Crippen molar-refractivity contribution in [1.29, 1.82) is 0 Å². The highest BCUT2D eigenvalue weighted by molar-refractivity contribution is 5.81. The van der Waals surface area contributed by atoms with Gasteiger partial charge >= 0.3 is 6.03 Å². The summed E-state index contributed by atoms with van der Waals surface area (Å²) in [6.45, 7) is 1.86. The molecule has 8 heteroatoms. The number of aliphatic hydroxyl groups excluding tert-OH is 1. The van der Waals surface area contributed by atoms with E-state index in [-0.39, 0.29) is 24.6 Å². The average molecular weight is 518 g/mol. The summed E-state index contributed by atoms with van der Waals surface area (Å²) in [5.74, 6) is 0.286. The van der Waals surface area contributed by atoms with Gasteiger partial charge in [0.25, 0.3) is 0 Å². The van der Waals surface area contributed by atoms with Crippen molar-refractivity contribution in [2.24, 2.45) is 11.8 Å². The van der Waals surface area contributed by atoms with Crippen LogP contribution in [0.5, 0.6) is 0 Å². The average Bonchev–Trinajstić information content (AvgIpc) is 3.39. The van der Waals surface area contributed by atoms with E-state index in [9.17, 15) is 19.4 Å². The molecule has 1 aliphatic carbocycles. The molecule has 2 heterocycles. The number of nitrogens with zero attached hydrogens (tertiary/aromatic N) is 1. The minimum atomic E-state index is -1.17. The summed E-state index contributed by atoms with van der Waals surface area (Å²) in [6, 6.07) is 7.63. The monoisotopic (exact) mass is 517 g/mol. The Hall–Kier alpha value is -2.16. The van der Waals surface area contributed by atoms with Crippen molar-refractivity contribution < 1.29 is 23.8 Å². The Morgan fingerprint density at radius 2 is 2.03 bits per heavy atom. The number of urea groups is 1. The van der Waals surface area contributed by atoms with Crippen LogP contribution in [-0.2, 0) is 5.60 Å². The number of piperidine rings is 1. The van der Waals surface area contributed by atoms with E-state index in [1.165, 1.54) is 0 Å². The third-order valence-corrected chi connectivity index (χ3v) is 8.47. The van der Waals surface area contributed by atoms with Gasteiger partial charge in [0.1, 0.15) is 11.8 Å². The molecule has 1 aliphatic heterocycles. The molecule has 3 atom stereocenters. The highest BCUT2D eigenvalue weighted by Crippen LogP contribution is 2.42. The molecule has 1 saturated heterocycles. The number of aliphatic hydroxyl groups is 2. The molecule has 206 valence electrons. The van der Waals surface area contributed by atoms with Gasteiger partial charge in [-0.3, -0.25) is 0 Å². The number of rotatable bonds is 11. The Kier molecular flexibility index (Phi) is 9.84. The molecule has 7 nitrogen and oxygen atoms in total. The van der Waals surface area contributed by atoms with Crippen molar-refractivity contribution in [3.05, 3.63) is 36.1 Å². The largest absolute Gasteiger partial charge is 0.464 e. The lowest BCUT2D eigenvalue weighted by Gasteiger charge is -2.43. The molecule has 4 rings (SSSR count). The van der Waals surface area contributed by atoms with Crippen LogP contribution in [0.25, 0.3) is 11.0 Å². The number of likely N-dealkylation sites (tertiary alicyclic amines) is 1. The van der Waals surface area contributed by atoms with E-state index in [2.05, 4.69) is 10.6 Å². The van der Waals surface area contributed by atoms with E-state index in [1.54, 1.807) is 6.26 Å².